The first-order valence-corrected chi connectivity index (χ1v) is 9.38. The quantitative estimate of drug-likeness (QED) is 0.816. The number of hydrogen-bond acceptors (Lipinski definition) is 6. The summed E-state index contributed by atoms with van der Waals surface area (Å²) >= 11 is 5.89. The van der Waals surface area contributed by atoms with Gasteiger partial charge in [0, 0.05) is 24.2 Å². The van der Waals surface area contributed by atoms with Crippen molar-refractivity contribution in [2.75, 3.05) is 18.0 Å². The fraction of sp³-hybridized carbons (Fsp3) is 0.368. The first-order chi connectivity index (χ1) is 13.3. The Kier molecular flexibility index (Phi) is 4.55. The molecule has 2 aromatic rings. The molecule has 4 N–H and O–H groups in total. The number of hydrogen-bond donors (Lipinski definition) is 2. The molecule has 28 heavy (non-hydrogen) atoms. The zero-order valence-electron chi connectivity index (χ0n) is 15.4. The first-order valence-electron chi connectivity index (χ1n) is 9.00. The summed E-state index contributed by atoms with van der Waals surface area (Å²) in [6, 6.07) is 4.67. The predicted molar refractivity (Wildman–Crippen MR) is 105 cm³/mol. The molecule has 1 amide bonds. The second kappa shape index (κ2) is 6.79. The van der Waals surface area contributed by atoms with Gasteiger partial charge in [-0.25, -0.2) is 14.4 Å². The number of benzene rings is 1. The Hall–Kier alpha value is -2.58. The van der Waals surface area contributed by atoms with E-state index in [9.17, 15) is 9.18 Å². The van der Waals surface area contributed by atoms with Crippen LogP contribution in [0.25, 0.3) is 0 Å². The van der Waals surface area contributed by atoms with Gasteiger partial charge in [0.25, 0.3) is 5.91 Å². The van der Waals surface area contributed by atoms with Crippen molar-refractivity contribution in [2.24, 2.45) is 16.5 Å². The molecule has 0 saturated carbocycles. The number of piperidine rings is 1. The summed E-state index contributed by atoms with van der Waals surface area (Å²) in [7, 11) is 0. The molecule has 0 atom stereocenters. The van der Waals surface area contributed by atoms with Crippen LogP contribution in [0.4, 0.5) is 10.2 Å². The van der Waals surface area contributed by atoms with E-state index in [0.717, 1.165) is 12.8 Å². The number of carbonyl (C=O) groups excluding carboxylic acids is 1. The number of primary amides is 1. The Labute approximate surface area is 166 Å². The van der Waals surface area contributed by atoms with Crippen LogP contribution in [0, 0.1) is 5.82 Å². The SMILES string of the molecule is CC1(N)CCN(c2nc3c(nc2C(N)=O)C(c2cccc(Cl)c2F)=NC3)CC1. The number of aliphatic imine (C=N–C) groups is 1. The van der Waals surface area contributed by atoms with Crippen LogP contribution in [-0.2, 0) is 6.54 Å². The van der Waals surface area contributed by atoms with Crippen molar-refractivity contribution in [1.29, 1.82) is 0 Å². The van der Waals surface area contributed by atoms with Crippen molar-refractivity contribution in [3.8, 4) is 0 Å². The molecule has 146 valence electrons. The number of anilines is 1. The van der Waals surface area contributed by atoms with Gasteiger partial charge >= 0.3 is 0 Å². The third-order valence-corrected chi connectivity index (χ3v) is 5.50. The van der Waals surface area contributed by atoms with Crippen LogP contribution in [0.5, 0.6) is 0 Å². The molecule has 1 fully saturated rings. The van der Waals surface area contributed by atoms with E-state index in [4.69, 9.17) is 23.1 Å². The van der Waals surface area contributed by atoms with Gasteiger partial charge in [0.05, 0.1) is 23.0 Å². The molecule has 1 aromatic carbocycles. The summed E-state index contributed by atoms with van der Waals surface area (Å²) in [5.41, 5.74) is 13.1. The number of fused-ring (bicyclic) bond motifs is 1. The van der Waals surface area contributed by atoms with Crippen LogP contribution >= 0.6 is 11.6 Å². The molecule has 2 aliphatic rings. The molecule has 3 heterocycles. The van der Waals surface area contributed by atoms with E-state index in [1.165, 1.54) is 6.07 Å². The summed E-state index contributed by atoms with van der Waals surface area (Å²) in [6.45, 7) is 3.56. The van der Waals surface area contributed by atoms with E-state index in [0.29, 0.717) is 36.0 Å². The highest BCUT2D eigenvalue weighted by molar-refractivity contribution is 6.31. The van der Waals surface area contributed by atoms with Gasteiger partial charge in [-0.3, -0.25) is 9.79 Å². The van der Waals surface area contributed by atoms with Gasteiger partial charge in [-0.05, 0) is 31.9 Å². The number of nitrogens with zero attached hydrogens (tertiary/aromatic N) is 4. The second-order valence-electron chi connectivity index (χ2n) is 7.46. The van der Waals surface area contributed by atoms with Gasteiger partial charge in [-0.1, -0.05) is 17.7 Å². The lowest BCUT2D eigenvalue weighted by atomic mass is 9.91. The van der Waals surface area contributed by atoms with E-state index in [1.54, 1.807) is 12.1 Å². The molecule has 7 nitrogen and oxygen atoms in total. The summed E-state index contributed by atoms with van der Waals surface area (Å²) in [5.74, 6) is -0.838. The van der Waals surface area contributed by atoms with Crippen LogP contribution in [0.2, 0.25) is 5.02 Å². The average Bonchev–Trinajstić information content (AvgIpc) is 3.06. The number of halogens is 2. The Morgan fingerprint density at radius 1 is 1.29 bits per heavy atom. The Morgan fingerprint density at radius 2 is 2.00 bits per heavy atom. The average molecular weight is 403 g/mol. The third kappa shape index (κ3) is 3.22. The molecule has 2 aliphatic heterocycles. The van der Waals surface area contributed by atoms with Crippen LogP contribution < -0.4 is 16.4 Å². The molecular formula is C19H20ClFN6O. The maximum Gasteiger partial charge on any atom is 0.271 e. The minimum Gasteiger partial charge on any atom is -0.364 e. The van der Waals surface area contributed by atoms with Gasteiger partial charge in [0.2, 0.25) is 0 Å². The van der Waals surface area contributed by atoms with Crippen LogP contribution in [-0.4, -0.2) is 40.2 Å². The Bertz CT molecular complexity index is 996. The summed E-state index contributed by atoms with van der Waals surface area (Å²) in [5, 5.41) is -0.00787. The lowest BCUT2D eigenvalue weighted by Gasteiger charge is -2.37. The van der Waals surface area contributed by atoms with Crippen molar-refractivity contribution >= 4 is 29.0 Å². The van der Waals surface area contributed by atoms with E-state index in [-0.39, 0.29) is 28.4 Å². The molecule has 0 aliphatic carbocycles. The fourth-order valence-corrected chi connectivity index (χ4v) is 3.68. The van der Waals surface area contributed by atoms with Gasteiger partial charge in [-0.15, -0.1) is 0 Å². The third-order valence-electron chi connectivity index (χ3n) is 5.21. The molecule has 0 radical (unpaired) electrons. The van der Waals surface area contributed by atoms with Crippen molar-refractivity contribution in [2.45, 2.75) is 31.8 Å². The molecule has 1 aromatic heterocycles. The number of aromatic nitrogens is 2. The maximum absolute atomic E-state index is 14.5. The van der Waals surface area contributed by atoms with E-state index < -0.39 is 11.7 Å². The number of amides is 1. The van der Waals surface area contributed by atoms with Crippen LogP contribution in [0.15, 0.2) is 23.2 Å². The van der Waals surface area contributed by atoms with Gasteiger partial charge in [-0.2, -0.15) is 0 Å². The van der Waals surface area contributed by atoms with Crippen molar-refractivity contribution in [3.63, 3.8) is 0 Å². The minimum atomic E-state index is -0.691. The molecule has 0 bridgehead atoms. The van der Waals surface area contributed by atoms with E-state index in [2.05, 4.69) is 15.0 Å². The molecule has 0 spiro atoms. The first kappa shape index (κ1) is 18.8. The van der Waals surface area contributed by atoms with Gasteiger partial charge in [0.1, 0.15) is 5.69 Å². The monoisotopic (exact) mass is 402 g/mol. The summed E-state index contributed by atoms with van der Waals surface area (Å²) in [6.07, 6.45) is 1.53. The van der Waals surface area contributed by atoms with Crippen molar-refractivity contribution < 1.29 is 9.18 Å². The largest absolute Gasteiger partial charge is 0.364 e. The second-order valence-corrected chi connectivity index (χ2v) is 7.87. The number of rotatable bonds is 3. The number of nitrogens with two attached hydrogens (primary N) is 2. The van der Waals surface area contributed by atoms with Crippen molar-refractivity contribution in [3.05, 3.63) is 51.7 Å². The highest BCUT2D eigenvalue weighted by Gasteiger charge is 2.32. The zero-order chi connectivity index (χ0) is 20.1. The highest BCUT2D eigenvalue weighted by atomic mass is 35.5. The molecule has 9 heteroatoms. The summed E-state index contributed by atoms with van der Waals surface area (Å²) in [4.78, 5) is 27.5. The lowest BCUT2D eigenvalue weighted by molar-refractivity contribution is 0.0995. The zero-order valence-corrected chi connectivity index (χ0v) is 16.1. The normalized spacial score (nSPS) is 18.0. The smallest absolute Gasteiger partial charge is 0.271 e. The topological polar surface area (TPSA) is 110 Å². The van der Waals surface area contributed by atoms with Crippen molar-refractivity contribution in [1.82, 2.24) is 9.97 Å². The maximum atomic E-state index is 14.5. The molecule has 4 rings (SSSR count). The fourth-order valence-electron chi connectivity index (χ4n) is 3.50. The highest BCUT2D eigenvalue weighted by Crippen LogP contribution is 2.30. The predicted octanol–water partition coefficient (Wildman–Crippen LogP) is 2.04. The van der Waals surface area contributed by atoms with Crippen LogP contribution in [0.3, 0.4) is 0 Å². The minimum absolute atomic E-state index is 0.00787. The molecular weight excluding hydrogens is 383 g/mol. The van der Waals surface area contributed by atoms with E-state index in [1.807, 2.05) is 11.8 Å². The summed E-state index contributed by atoms with van der Waals surface area (Å²) < 4.78 is 14.5. The molecule has 0 unspecified atom stereocenters. The Balaban J connectivity index is 1.75. The Morgan fingerprint density at radius 3 is 2.68 bits per heavy atom. The standard InChI is InChI=1S/C19H20ClFN6O/c1-19(23)5-7-27(8-6-19)18-16(17(22)28)26-15-12(25-18)9-24-14(15)10-3-2-4-11(20)13(10)21/h2-4H,5-9,23H2,1H3,(H2,22,28). The van der Waals surface area contributed by atoms with E-state index >= 15 is 0 Å². The van der Waals surface area contributed by atoms with Crippen LogP contribution in [0.1, 0.15) is 47.2 Å². The lowest BCUT2D eigenvalue weighted by Crippen LogP contribution is -2.49. The van der Waals surface area contributed by atoms with Gasteiger partial charge < -0.3 is 16.4 Å². The molecule has 1 saturated heterocycles. The van der Waals surface area contributed by atoms with Gasteiger partial charge in [0.15, 0.2) is 17.3 Å². The number of carbonyl (C=O) groups is 1.